The Morgan fingerprint density at radius 1 is 1.52 bits per heavy atom. The third-order valence-electron chi connectivity index (χ3n) is 4.36. The van der Waals surface area contributed by atoms with Gasteiger partial charge in [-0.05, 0) is 20.3 Å². The zero-order valence-electron chi connectivity index (χ0n) is 12.9. The standard InChI is InChI=1S/C14H19N3O4S2/c1-6(18)9-11(19)17-10(13(20)21)14(23-12(9)17)22-8-3-4-16(5-8)7(2)15/h6,8-9,12,15,18H,3-5H2,1-2H3,(H,20,21)/t6-,8-,9+,12+/m0/s1. The molecular formula is C14H19N3O4S2. The number of β-lactam (4-membered cyclic amide) rings is 1. The molecule has 23 heavy (non-hydrogen) atoms. The largest absolute Gasteiger partial charge is 0.477 e. The fraction of sp³-hybridized carbons (Fsp3) is 0.643. The molecule has 3 heterocycles. The van der Waals surface area contributed by atoms with Crippen molar-refractivity contribution in [1.29, 1.82) is 5.41 Å². The van der Waals surface area contributed by atoms with E-state index in [0.29, 0.717) is 10.1 Å². The molecule has 0 aliphatic carbocycles. The summed E-state index contributed by atoms with van der Waals surface area (Å²) in [4.78, 5) is 27.0. The number of carbonyl (C=O) groups is 2. The summed E-state index contributed by atoms with van der Waals surface area (Å²) in [6.45, 7) is 4.83. The van der Waals surface area contributed by atoms with E-state index in [0.717, 1.165) is 19.5 Å². The minimum absolute atomic E-state index is 0.0527. The molecule has 3 rings (SSSR count). The number of fused-ring (bicyclic) bond motifs is 1. The Hall–Kier alpha value is -1.19. The van der Waals surface area contributed by atoms with E-state index in [1.807, 2.05) is 4.90 Å². The lowest BCUT2D eigenvalue weighted by Gasteiger charge is -2.43. The van der Waals surface area contributed by atoms with E-state index in [9.17, 15) is 19.8 Å². The minimum Gasteiger partial charge on any atom is -0.477 e. The molecule has 0 unspecified atom stereocenters. The second-order valence-electron chi connectivity index (χ2n) is 5.98. The summed E-state index contributed by atoms with van der Waals surface area (Å²) >= 11 is 2.85. The van der Waals surface area contributed by atoms with Crippen molar-refractivity contribution < 1.29 is 19.8 Å². The van der Waals surface area contributed by atoms with Crippen molar-refractivity contribution >= 4 is 41.2 Å². The number of carboxylic acids is 1. The molecule has 0 radical (unpaired) electrons. The fourth-order valence-corrected chi connectivity index (χ4v) is 6.44. The molecule has 3 aliphatic rings. The van der Waals surface area contributed by atoms with E-state index in [1.165, 1.54) is 28.4 Å². The first-order chi connectivity index (χ1) is 10.8. The first kappa shape index (κ1) is 16.7. The van der Waals surface area contributed by atoms with Gasteiger partial charge in [0.05, 0.1) is 22.1 Å². The number of likely N-dealkylation sites (tertiary alicyclic amines) is 1. The zero-order valence-corrected chi connectivity index (χ0v) is 14.5. The van der Waals surface area contributed by atoms with E-state index >= 15 is 0 Å². The van der Waals surface area contributed by atoms with Gasteiger partial charge in [-0.2, -0.15) is 0 Å². The van der Waals surface area contributed by atoms with Crippen LogP contribution in [0, 0.1) is 11.3 Å². The molecule has 3 aliphatic heterocycles. The summed E-state index contributed by atoms with van der Waals surface area (Å²) in [6, 6.07) is 0. The van der Waals surface area contributed by atoms with E-state index in [-0.39, 0.29) is 22.2 Å². The second-order valence-corrected chi connectivity index (χ2v) is 8.68. The van der Waals surface area contributed by atoms with Crippen LogP contribution in [0.2, 0.25) is 0 Å². The Kier molecular flexibility index (Phi) is 4.37. The average Bonchev–Trinajstić information content (AvgIpc) is 3.02. The predicted molar refractivity (Wildman–Crippen MR) is 89.0 cm³/mol. The van der Waals surface area contributed by atoms with Crippen LogP contribution in [0.25, 0.3) is 0 Å². The van der Waals surface area contributed by atoms with Gasteiger partial charge in [0.25, 0.3) is 0 Å². The van der Waals surface area contributed by atoms with E-state index < -0.39 is 18.0 Å². The van der Waals surface area contributed by atoms with Gasteiger partial charge in [0.2, 0.25) is 5.91 Å². The van der Waals surface area contributed by atoms with Gasteiger partial charge in [-0.25, -0.2) is 4.79 Å². The molecule has 0 aromatic heterocycles. The van der Waals surface area contributed by atoms with Gasteiger partial charge in [0.1, 0.15) is 5.37 Å². The number of carbonyl (C=O) groups excluding carboxylic acids is 1. The SMILES string of the molecule is CC(=N)N1CC[C@H](SC2=C(C(=O)O)N3C(=O)[C@@H]([C@H](C)O)[C@H]3S2)C1. The number of thioether (sulfide) groups is 2. The first-order valence-corrected chi connectivity index (χ1v) is 9.19. The number of aliphatic carboxylic acids is 1. The molecule has 0 aromatic rings. The average molecular weight is 357 g/mol. The molecule has 0 bridgehead atoms. The van der Waals surface area contributed by atoms with E-state index in [1.54, 1.807) is 13.8 Å². The molecule has 3 N–H and O–H groups in total. The fourth-order valence-electron chi connectivity index (χ4n) is 3.11. The molecule has 0 spiro atoms. The Bertz CT molecular complexity index is 607. The number of aliphatic hydroxyl groups excluding tert-OH is 1. The number of amidine groups is 1. The zero-order chi connectivity index (χ0) is 16.9. The number of amides is 1. The van der Waals surface area contributed by atoms with Crippen molar-refractivity contribution in [2.75, 3.05) is 13.1 Å². The van der Waals surface area contributed by atoms with Crippen LogP contribution < -0.4 is 0 Å². The number of hydrogen-bond donors (Lipinski definition) is 3. The molecule has 1 amide bonds. The highest BCUT2D eigenvalue weighted by Crippen LogP contribution is 2.55. The lowest BCUT2D eigenvalue weighted by atomic mass is 9.92. The van der Waals surface area contributed by atoms with Crippen LogP contribution in [0.1, 0.15) is 20.3 Å². The molecule has 126 valence electrons. The summed E-state index contributed by atoms with van der Waals surface area (Å²) in [5.74, 6) is -1.42. The maximum atomic E-state index is 12.1. The third-order valence-corrected chi connectivity index (χ3v) is 7.22. The number of nitrogens with one attached hydrogen (secondary N) is 1. The minimum atomic E-state index is -1.10. The van der Waals surface area contributed by atoms with Gasteiger partial charge < -0.3 is 15.1 Å². The Balaban J connectivity index is 1.75. The van der Waals surface area contributed by atoms with Gasteiger partial charge >= 0.3 is 5.97 Å². The van der Waals surface area contributed by atoms with Crippen molar-refractivity contribution in [2.24, 2.45) is 5.92 Å². The summed E-state index contributed by atoms with van der Waals surface area (Å²) in [5.41, 5.74) is 0.0527. The second kappa shape index (κ2) is 6.03. The molecule has 9 heteroatoms. The summed E-state index contributed by atoms with van der Waals surface area (Å²) < 4.78 is 0.647. The Labute approximate surface area is 142 Å². The van der Waals surface area contributed by atoms with Crippen molar-refractivity contribution in [3.63, 3.8) is 0 Å². The van der Waals surface area contributed by atoms with Gasteiger partial charge in [0.15, 0.2) is 5.70 Å². The molecule has 7 nitrogen and oxygen atoms in total. The van der Waals surface area contributed by atoms with Crippen LogP contribution in [0.4, 0.5) is 0 Å². The highest BCUT2D eigenvalue weighted by atomic mass is 32.2. The van der Waals surface area contributed by atoms with Crippen molar-refractivity contribution in [3.05, 3.63) is 9.93 Å². The number of carboxylic acid groups (broad SMARTS) is 1. The van der Waals surface area contributed by atoms with E-state index in [2.05, 4.69) is 0 Å². The quantitative estimate of drug-likeness (QED) is 0.391. The summed E-state index contributed by atoms with van der Waals surface area (Å²) in [6.07, 6.45) is 0.106. The van der Waals surface area contributed by atoms with Gasteiger partial charge in [0, 0.05) is 18.3 Å². The third kappa shape index (κ3) is 2.74. The Morgan fingerprint density at radius 3 is 2.74 bits per heavy atom. The molecule has 4 atom stereocenters. The van der Waals surface area contributed by atoms with Gasteiger partial charge in [-0.15, -0.1) is 11.8 Å². The smallest absolute Gasteiger partial charge is 0.354 e. The van der Waals surface area contributed by atoms with Crippen molar-refractivity contribution in [2.45, 2.75) is 37.0 Å². The van der Waals surface area contributed by atoms with Crippen LogP contribution in [0.5, 0.6) is 0 Å². The number of rotatable bonds is 4. The maximum Gasteiger partial charge on any atom is 0.354 e. The predicted octanol–water partition coefficient (Wildman–Crippen LogP) is 0.957. The highest BCUT2D eigenvalue weighted by molar-refractivity contribution is 8.23. The van der Waals surface area contributed by atoms with Crippen LogP contribution in [0.3, 0.4) is 0 Å². The lowest BCUT2D eigenvalue weighted by molar-refractivity contribution is -0.156. The highest BCUT2D eigenvalue weighted by Gasteiger charge is 2.58. The maximum absolute atomic E-state index is 12.1. The number of aliphatic hydroxyl groups is 1. The van der Waals surface area contributed by atoms with E-state index in [4.69, 9.17) is 5.41 Å². The summed E-state index contributed by atoms with van der Waals surface area (Å²) in [5, 5.41) is 26.8. The summed E-state index contributed by atoms with van der Waals surface area (Å²) in [7, 11) is 0. The lowest BCUT2D eigenvalue weighted by Crippen LogP contribution is -2.60. The molecular weight excluding hydrogens is 338 g/mol. The molecule has 2 saturated heterocycles. The number of hydrogen-bond acceptors (Lipinski definition) is 6. The van der Waals surface area contributed by atoms with Gasteiger partial charge in [-0.3, -0.25) is 15.1 Å². The van der Waals surface area contributed by atoms with Crippen LogP contribution >= 0.6 is 23.5 Å². The van der Waals surface area contributed by atoms with Crippen LogP contribution in [0.15, 0.2) is 9.93 Å². The molecule has 0 aromatic carbocycles. The van der Waals surface area contributed by atoms with Crippen molar-refractivity contribution in [3.8, 4) is 0 Å². The topological polar surface area (TPSA) is 105 Å². The monoisotopic (exact) mass is 357 g/mol. The first-order valence-electron chi connectivity index (χ1n) is 7.43. The number of nitrogens with zero attached hydrogens (tertiary/aromatic N) is 2. The molecule has 0 saturated carbocycles. The normalized spacial score (nSPS) is 31.3. The van der Waals surface area contributed by atoms with Crippen LogP contribution in [-0.2, 0) is 9.59 Å². The van der Waals surface area contributed by atoms with Crippen LogP contribution in [-0.4, -0.2) is 67.5 Å². The Morgan fingerprint density at radius 2 is 2.22 bits per heavy atom. The van der Waals surface area contributed by atoms with Gasteiger partial charge in [-0.1, -0.05) is 11.8 Å². The van der Waals surface area contributed by atoms with Crippen molar-refractivity contribution in [1.82, 2.24) is 9.80 Å². The molecule has 2 fully saturated rings.